The molecule has 5 saturated heterocycles. The van der Waals surface area contributed by atoms with Crippen molar-refractivity contribution in [1.82, 2.24) is 34.9 Å². The number of aromatic nitrogens is 2. The summed E-state index contributed by atoms with van der Waals surface area (Å²) in [5.74, 6) is -14.5. The molecular formula is C101H94BBrCl6F12N10O13. The van der Waals surface area contributed by atoms with Gasteiger partial charge in [-0.3, -0.25) is 24.0 Å². The number of carboxylic acid groups (broad SMARTS) is 1. The number of carbonyl (C=O) groups excluding carboxylic acids is 5. The fraction of sp³-hybridized carbons (Fsp3) is 0.327. The van der Waals surface area contributed by atoms with E-state index in [0.29, 0.717) is 104 Å². The molecule has 5 amide bonds. The summed E-state index contributed by atoms with van der Waals surface area (Å²) >= 11 is 38.0. The number of nitrogens with zero attached hydrogens (tertiary/aromatic N) is 6. The Morgan fingerprint density at radius 1 is 0.451 bits per heavy atom. The molecule has 8 aromatic carbocycles. The number of nitrogens with one attached hydrogen (secondary N) is 1. The molecule has 762 valence electrons. The van der Waals surface area contributed by atoms with Crippen LogP contribution in [0.4, 0.5) is 64.3 Å². The van der Waals surface area contributed by atoms with Crippen LogP contribution in [-0.2, 0) is 44.6 Å². The number of pyridine rings is 2. The van der Waals surface area contributed by atoms with E-state index in [9.17, 15) is 81.5 Å². The highest BCUT2D eigenvalue weighted by Gasteiger charge is 2.54. The molecular weight excluding hydrogens is 2090 g/mol. The minimum Gasteiger partial charge on any atom is -0.488 e. The van der Waals surface area contributed by atoms with Crippen LogP contribution in [0, 0.1) is 23.3 Å². The second kappa shape index (κ2) is 45.6. The first-order valence-electron chi connectivity index (χ1n) is 44.8. The quantitative estimate of drug-likeness (QED) is 0.0245. The Hall–Kier alpha value is -11.5. The molecule has 11 heterocycles. The van der Waals surface area contributed by atoms with Crippen LogP contribution in [0.15, 0.2) is 175 Å². The van der Waals surface area contributed by atoms with Crippen molar-refractivity contribution in [3.63, 3.8) is 0 Å². The van der Waals surface area contributed by atoms with Gasteiger partial charge in [0.2, 0.25) is 5.91 Å². The number of alkyl halides is 10. The molecule has 0 bridgehead atoms. The highest BCUT2D eigenvalue weighted by Crippen LogP contribution is 2.47. The van der Waals surface area contributed by atoms with Gasteiger partial charge < -0.3 is 75.5 Å². The number of hydrogen-bond donors (Lipinski definition) is 5. The lowest BCUT2D eigenvalue weighted by Gasteiger charge is -2.38. The molecule has 43 heteroatoms. The maximum atomic E-state index is 15.0. The number of likely N-dealkylation sites (tertiary alicyclic amines) is 4. The van der Waals surface area contributed by atoms with Crippen molar-refractivity contribution in [1.29, 1.82) is 0 Å². The van der Waals surface area contributed by atoms with E-state index in [1.165, 1.54) is 72.4 Å². The minimum atomic E-state index is -2.90. The van der Waals surface area contributed by atoms with E-state index in [0.717, 1.165) is 102 Å². The van der Waals surface area contributed by atoms with Crippen LogP contribution in [0.5, 0.6) is 23.0 Å². The molecule has 144 heavy (non-hydrogen) atoms. The average molecular weight is 2190 g/mol. The van der Waals surface area contributed by atoms with E-state index in [-0.39, 0.29) is 80.0 Å². The third-order valence-corrected chi connectivity index (χ3v) is 26.0. The van der Waals surface area contributed by atoms with Gasteiger partial charge in [-0.2, -0.15) is 0 Å². The van der Waals surface area contributed by atoms with Crippen LogP contribution >= 0.6 is 85.5 Å². The average Bonchev–Trinajstić information content (AvgIpc) is 1.60. The summed E-state index contributed by atoms with van der Waals surface area (Å²) in [6, 6.07) is 36.5. The zero-order valence-corrected chi connectivity index (χ0v) is 83.8. The SMILES string of the molecule is CC1(C)OB(c2ccc(C(=O)N3CC(F)(F)C3)cc2F)OC1(C)C.CCC1Cc2cc(-c3ccc(C(=O)N4CC(F)(F)C4)cc3F)cc(Cl)c2O1.CCC1Cc2cc(Br)cc(Cl)c2O1.ClCCl.NCC1Cc2cc(-c3ccc(C(=O)N4CC(F)(F)C4)cc3F)cc(Cl)c2O1.Nc1ccc(/C=C/C(=O)NCC2Cc3cc(-c4ccc(C(=O)N5CC(F)(F)C5)cc4F)cc(Cl)c3O2)cn1.Nc1ccc(/C=C/C(=O)O)cn1. The van der Waals surface area contributed by atoms with Gasteiger partial charge in [0.15, 0.2) is 0 Å². The van der Waals surface area contributed by atoms with Crippen LogP contribution < -0.4 is 46.9 Å². The number of halogens is 19. The lowest BCUT2D eigenvalue weighted by atomic mass is 9.78. The van der Waals surface area contributed by atoms with E-state index in [1.54, 1.807) is 66.9 Å². The van der Waals surface area contributed by atoms with Gasteiger partial charge in [-0.15, -0.1) is 23.2 Å². The van der Waals surface area contributed by atoms with Crippen molar-refractivity contribution in [2.45, 2.75) is 139 Å². The van der Waals surface area contributed by atoms with Crippen molar-refractivity contribution >= 4 is 157 Å². The highest BCUT2D eigenvalue weighted by atomic mass is 79.9. The van der Waals surface area contributed by atoms with Gasteiger partial charge >= 0.3 is 13.1 Å². The summed E-state index contributed by atoms with van der Waals surface area (Å²) in [7, 11) is -0.882. The van der Waals surface area contributed by atoms with Gasteiger partial charge in [0.25, 0.3) is 47.3 Å². The Kier molecular flexibility index (Phi) is 34.8. The summed E-state index contributed by atoms with van der Waals surface area (Å²) in [6.45, 7) is 6.98. The van der Waals surface area contributed by atoms with E-state index < -0.39 is 147 Å². The predicted octanol–water partition coefficient (Wildman–Crippen LogP) is 21.0. The maximum Gasteiger partial charge on any atom is 0.497 e. The Morgan fingerprint density at radius 3 is 1.08 bits per heavy atom. The number of carboxylic acids is 1. The van der Waals surface area contributed by atoms with Crippen molar-refractivity contribution in [2.75, 3.05) is 82.3 Å². The largest absolute Gasteiger partial charge is 0.497 e. The van der Waals surface area contributed by atoms with Crippen molar-refractivity contribution in [3.8, 4) is 56.4 Å². The molecule has 0 saturated carbocycles. The van der Waals surface area contributed by atoms with E-state index in [2.05, 4.69) is 44.2 Å². The number of hydrogen-bond acceptors (Lipinski definition) is 17. The number of anilines is 2. The third-order valence-electron chi connectivity index (χ3n) is 24.4. The van der Waals surface area contributed by atoms with Crippen LogP contribution in [0.3, 0.4) is 0 Å². The highest BCUT2D eigenvalue weighted by molar-refractivity contribution is 9.10. The summed E-state index contributed by atoms with van der Waals surface area (Å²) in [5.41, 5.74) is 23.1. The van der Waals surface area contributed by atoms with Crippen LogP contribution in [0.2, 0.25) is 20.1 Å². The number of nitrogen functional groups attached to an aromatic ring is 2. The second-order valence-corrected chi connectivity index (χ2v) is 39.3. The topological polar surface area (TPSA) is 307 Å². The molecule has 9 aliphatic rings. The number of nitrogens with two attached hydrogens (primary N) is 3. The molecule has 2 aromatic heterocycles. The van der Waals surface area contributed by atoms with Gasteiger partial charge in [-0.1, -0.05) is 100 Å². The Morgan fingerprint density at radius 2 is 0.764 bits per heavy atom. The van der Waals surface area contributed by atoms with Gasteiger partial charge in [0.05, 0.1) is 95.5 Å². The molecule has 0 aliphatic carbocycles. The van der Waals surface area contributed by atoms with Crippen molar-refractivity contribution in [2.24, 2.45) is 5.73 Å². The molecule has 0 spiro atoms. The standard InChI is InChI=1S/C27H22ClF3N4O3.C20H17ClF3NO2.C19H16ClF3N2O2.C16H19BF3NO3.C10H10BrClO.C8H8N2O2.CH2Cl2/c28-21-9-17(20-4-3-16(10-22(20)29)26(37)35-13-27(30,31)14-35)7-18-8-19(38-25(18)21)12-34-24(36)6-2-15-1-5-23(32)33-11-15;1-2-14-6-13-5-12(7-16(21)18(13)27-14)15-4-3-11(8-17(15)22)19(26)25-9-20(23,24)10-25;20-15-5-11(3-12-4-13(7-24)27-17(12)15)14-2-1-10(6-16(14)21)18(26)25-8-19(22,23)9-25;1-14(2)15(3,4)24-17(23-14)11-6-5-10(7-12(11)18)13(22)21-8-16(19,20)9-21;1-2-8-4-6-3-7(11)5-9(12)10(6)13-8;9-7-3-1-6(5-10-7)2-4-8(11)12;2-1-3/h1-7,9-11,19H,8,12-14H2,(H2,32,33)(H,34,36);3-5,7-8,14H,2,6,9-10H2,1H3;1-3,5-6,13H,4,7-9,24H2;5-7H,8-9H2,1-4H3;3,5,8H,2,4H2,1H3;1-5H,(H2,9,10)(H,11,12);1H2/b6-2+;;;;;4-2+;. The van der Waals surface area contributed by atoms with Gasteiger partial charge in [-0.05, 0) is 207 Å². The molecule has 23 nitrogen and oxygen atoms in total. The van der Waals surface area contributed by atoms with Crippen LogP contribution in [0.1, 0.15) is 129 Å². The zero-order valence-electron chi connectivity index (χ0n) is 77.7. The summed E-state index contributed by atoms with van der Waals surface area (Å²) in [6.07, 6.45) is 13.0. The smallest absolute Gasteiger partial charge is 0.488 e. The van der Waals surface area contributed by atoms with E-state index in [4.69, 9.17) is 120 Å². The normalized spacial score (nSPS) is 18.9. The van der Waals surface area contributed by atoms with Crippen molar-refractivity contribution < 1.29 is 115 Å². The van der Waals surface area contributed by atoms with Gasteiger partial charge in [-0.25, -0.2) is 67.4 Å². The number of fused-ring (bicyclic) bond motifs is 4. The number of amides is 5. The zero-order chi connectivity index (χ0) is 105. The van der Waals surface area contributed by atoms with Crippen LogP contribution in [-0.4, -0.2) is 207 Å². The third kappa shape index (κ3) is 27.0. The van der Waals surface area contributed by atoms with E-state index >= 15 is 0 Å². The molecule has 8 N–H and O–H groups in total. The molecule has 4 atom stereocenters. The molecule has 5 fully saturated rings. The fourth-order valence-corrected chi connectivity index (χ4v) is 17.9. The maximum absolute atomic E-state index is 15.0. The summed E-state index contributed by atoms with van der Waals surface area (Å²) in [4.78, 5) is 82.8. The predicted molar refractivity (Wildman–Crippen MR) is 530 cm³/mol. The number of carbonyl (C=O) groups is 6. The number of benzene rings is 8. The monoisotopic (exact) mass is 2180 g/mol. The Balaban J connectivity index is 0.000000149. The lowest BCUT2D eigenvalue weighted by Crippen LogP contribution is -2.58. The number of aliphatic carboxylic acids is 1. The first kappa shape index (κ1) is 110. The molecule has 0 radical (unpaired) electrons. The van der Waals surface area contributed by atoms with Crippen molar-refractivity contribution in [3.05, 3.63) is 274 Å². The number of rotatable bonds is 17. The number of ether oxygens (including phenoxy) is 4. The minimum absolute atomic E-state index is 0.00477. The van der Waals surface area contributed by atoms with Gasteiger partial charge in [0, 0.05) is 122 Å². The molecule has 19 rings (SSSR count). The molecule has 9 aliphatic heterocycles. The Labute approximate surface area is 858 Å². The molecule has 4 unspecified atom stereocenters. The van der Waals surface area contributed by atoms with Gasteiger partial charge in [0.1, 0.15) is 82.3 Å². The molecule has 10 aromatic rings. The Bertz CT molecular complexity index is 6390. The lowest BCUT2D eigenvalue weighted by molar-refractivity contribution is -0.131. The second-order valence-electron chi connectivity index (χ2n) is 35.9. The van der Waals surface area contributed by atoms with E-state index in [1.807, 2.05) is 46.8 Å². The van der Waals surface area contributed by atoms with Crippen LogP contribution in [0.25, 0.3) is 45.5 Å². The first-order chi connectivity index (χ1) is 67.8. The first-order valence-corrected chi connectivity index (χ1v) is 48.2. The fourth-order valence-electron chi connectivity index (χ4n) is 16.1. The summed E-state index contributed by atoms with van der Waals surface area (Å²) < 4.78 is 198. The summed E-state index contributed by atoms with van der Waals surface area (Å²) in [5, 5.41) is 13.0.